The molecule has 0 saturated carbocycles. The van der Waals surface area contributed by atoms with E-state index in [0.29, 0.717) is 6.54 Å². The van der Waals surface area contributed by atoms with Crippen LogP contribution in [0.4, 0.5) is 11.4 Å². The molecular formula is C12H19N3O. The molecule has 0 radical (unpaired) electrons. The number of nitrogens with two attached hydrogens (primary N) is 1. The number of rotatable bonds is 2. The minimum atomic E-state index is -0.352. The van der Waals surface area contributed by atoms with E-state index in [-0.39, 0.29) is 12.1 Å². The Balaban J connectivity index is 2.07. The van der Waals surface area contributed by atoms with Gasteiger partial charge in [-0.05, 0) is 37.6 Å². The smallest absolute Gasteiger partial charge is 0.0865 e. The van der Waals surface area contributed by atoms with Gasteiger partial charge in [-0.3, -0.25) is 0 Å². The number of aliphatic hydroxyl groups is 1. The zero-order valence-electron chi connectivity index (χ0n) is 9.53. The fourth-order valence-electron chi connectivity index (χ4n) is 2.02. The van der Waals surface area contributed by atoms with E-state index in [1.165, 1.54) is 0 Å². The molecule has 1 saturated heterocycles. The monoisotopic (exact) mass is 221 g/mol. The van der Waals surface area contributed by atoms with Crippen LogP contribution in [0.15, 0.2) is 18.2 Å². The van der Waals surface area contributed by atoms with Gasteiger partial charge in [-0.1, -0.05) is 6.07 Å². The van der Waals surface area contributed by atoms with E-state index in [1.54, 1.807) is 0 Å². The molecule has 4 nitrogen and oxygen atoms in total. The molecule has 0 spiro atoms. The predicted octanol–water partition coefficient (Wildman–Crippen LogP) is 0.712. The number of aliphatic hydroxyl groups excluding tert-OH is 1. The van der Waals surface area contributed by atoms with Crippen LogP contribution >= 0.6 is 0 Å². The maximum absolute atomic E-state index is 9.81. The second-order valence-electron chi connectivity index (χ2n) is 4.40. The van der Waals surface area contributed by atoms with Gasteiger partial charge in [-0.15, -0.1) is 0 Å². The summed E-state index contributed by atoms with van der Waals surface area (Å²) in [7, 11) is 0. The summed E-state index contributed by atoms with van der Waals surface area (Å²) in [6.45, 7) is 3.59. The normalized spacial score (nSPS) is 25.4. The van der Waals surface area contributed by atoms with E-state index in [0.717, 1.165) is 29.9 Å². The Morgan fingerprint density at radius 1 is 1.50 bits per heavy atom. The van der Waals surface area contributed by atoms with Gasteiger partial charge in [0.25, 0.3) is 0 Å². The SMILES string of the molecule is Cc1ccc(NC2CCNC[C@@H]2O)c(N)c1. The molecule has 0 aliphatic carbocycles. The molecule has 1 aromatic carbocycles. The van der Waals surface area contributed by atoms with Crippen LogP contribution in [0, 0.1) is 6.92 Å². The van der Waals surface area contributed by atoms with Gasteiger partial charge in [-0.2, -0.15) is 0 Å². The maximum Gasteiger partial charge on any atom is 0.0865 e. The first kappa shape index (κ1) is 11.2. The fourth-order valence-corrected chi connectivity index (χ4v) is 2.02. The van der Waals surface area contributed by atoms with Crippen molar-refractivity contribution < 1.29 is 5.11 Å². The molecule has 1 heterocycles. The van der Waals surface area contributed by atoms with Gasteiger partial charge in [0.15, 0.2) is 0 Å². The largest absolute Gasteiger partial charge is 0.397 e. The third-order valence-corrected chi connectivity index (χ3v) is 3.00. The molecule has 1 unspecified atom stereocenters. The number of nitrogen functional groups attached to an aromatic ring is 1. The van der Waals surface area contributed by atoms with Crippen molar-refractivity contribution in [2.24, 2.45) is 0 Å². The zero-order chi connectivity index (χ0) is 11.5. The summed E-state index contributed by atoms with van der Waals surface area (Å²) in [6.07, 6.45) is 0.559. The highest BCUT2D eigenvalue weighted by molar-refractivity contribution is 5.67. The van der Waals surface area contributed by atoms with Crippen molar-refractivity contribution in [2.45, 2.75) is 25.5 Å². The highest BCUT2D eigenvalue weighted by Gasteiger charge is 2.22. The number of benzene rings is 1. The van der Waals surface area contributed by atoms with Crippen LogP contribution in [0.25, 0.3) is 0 Å². The summed E-state index contributed by atoms with van der Waals surface area (Å²) in [5, 5.41) is 16.3. The van der Waals surface area contributed by atoms with Crippen LogP contribution in [0.1, 0.15) is 12.0 Å². The number of hydrogen-bond donors (Lipinski definition) is 4. The molecule has 0 bridgehead atoms. The lowest BCUT2D eigenvalue weighted by atomic mass is 10.0. The number of β-amino-alcohol motifs (C(OH)–C–C–N with tert-alkyl or cyclic N) is 1. The van der Waals surface area contributed by atoms with Crippen LogP contribution in [-0.2, 0) is 0 Å². The molecule has 1 aliphatic heterocycles. The minimum Gasteiger partial charge on any atom is -0.397 e. The van der Waals surface area contributed by atoms with Gasteiger partial charge in [-0.25, -0.2) is 0 Å². The van der Waals surface area contributed by atoms with Gasteiger partial charge in [0, 0.05) is 6.54 Å². The summed E-state index contributed by atoms with van der Waals surface area (Å²) >= 11 is 0. The first-order chi connectivity index (χ1) is 7.66. The van der Waals surface area contributed by atoms with Crippen LogP contribution in [0.2, 0.25) is 0 Å². The fraction of sp³-hybridized carbons (Fsp3) is 0.500. The Kier molecular flexibility index (Phi) is 3.31. The number of anilines is 2. The highest BCUT2D eigenvalue weighted by atomic mass is 16.3. The number of hydrogen-bond acceptors (Lipinski definition) is 4. The van der Waals surface area contributed by atoms with Crippen molar-refractivity contribution >= 4 is 11.4 Å². The second kappa shape index (κ2) is 4.72. The summed E-state index contributed by atoms with van der Waals surface area (Å²) in [4.78, 5) is 0. The molecule has 0 amide bonds. The zero-order valence-corrected chi connectivity index (χ0v) is 9.53. The van der Waals surface area contributed by atoms with E-state index in [4.69, 9.17) is 5.73 Å². The minimum absolute atomic E-state index is 0.0891. The van der Waals surface area contributed by atoms with Crippen LogP contribution in [0.3, 0.4) is 0 Å². The lowest BCUT2D eigenvalue weighted by molar-refractivity contribution is 0.128. The summed E-state index contributed by atoms with van der Waals surface area (Å²) < 4.78 is 0. The van der Waals surface area contributed by atoms with Crippen molar-refractivity contribution in [3.8, 4) is 0 Å². The van der Waals surface area contributed by atoms with Crippen molar-refractivity contribution in [1.29, 1.82) is 0 Å². The van der Waals surface area contributed by atoms with Crippen molar-refractivity contribution in [1.82, 2.24) is 5.32 Å². The topological polar surface area (TPSA) is 70.3 Å². The molecule has 16 heavy (non-hydrogen) atoms. The average molecular weight is 221 g/mol. The summed E-state index contributed by atoms with van der Waals surface area (Å²) in [5.74, 6) is 0. The molecule has 0 aromatic heterocycles. The third kappa shape index (κ3) is 2.46. The van der Waals surface area contributed by atoms with Crippen molar-refractivity contribution in [2.75, 3.05) is 24.1 Å². The standard InChI is InChI=1S/C12H19N3O/c1-8-2-3-10(9(13)6-8)15-11-4-5-14-7-12(11)16/h2-3,6,11-12,14-16H,4-5,7,13H2,1H3/t11?,12-/m0/s1. The Labute approximate surface area is 95.8 Å². The van der Waals surface area contributed by atoms with Crippen LogP contribution < -0.4 is 16.4 Å². The summed E-state index contributed by atoms with van der Waals surface area (Å²) in [6, 6.07) is 6.02. The lowest BCUT2D eigenvalue weighted by Gasteiger charge is -2.30. The van der Waals surface area contributed by atoms with Crippen molar-refractivity contribution in [3.63, 3.8) is 0 Å². The number of aryl methyl sites for hydroxylation is 1. The number of nitrogens with one attached hydrogen (secondary N) is 2. The summed E-state index contributed by atoms with van der Waals surface area (Å²) in [5.41, 5.74) is 8.73. The van der Waals surface area contributed by atoms with Gasteiger partial charge in [0.05, 0.1) is 23.5 Å². The molecule has 5 N–H and O–H groups in total. The van der Waals surface area contributed by atoms with E-state index in [1.807, 2.05) is 25.1 Å². The van der Waals surface area contributed by atoms with E-state index in [2.05, 4.69) is 10.6 Å². The Morgan fingerprint density at radius 3 is 3.00 bits per heavy atom. The van der Waals surface area contributed by atoms with Crippen molar-refractivity contribution in [3.05, 3.63) is 23.8 Å². The Bertz CT molecular complexity index is 367. The first-order valence-corrected chi connectivity index (χ1v) is 5.68. The molecule has 1 fully saturated rings. The van der Waals surface area contributed by atoms with Crippen LogP contribution in [0.5, 0.6) is 0 Å². The molecule has 2 rings (SSSR count). The first-order valence-electron chi connectivity index (χ1n) is 5.68. The third-order valence-electron chi connectivity index (χ3n) is 3.00. The van der Waals surface area contributed by atoms with Gasteiger partial charge in [0.2, 0.25) is 0 Å². The van der Waals surface area contributed by atoms with Crippen LogP contribution in [-0.4, -0.2) is 30.3 Å². The van der Waals surface area contributed by atoms with E-state index < -0.39 is 0 Å². The quantitative estimate of drug-likeness (QED) is 0.555. The maximum atomic E-state index is 9.81. The molecule has 2 atom stereocenters. The second-order valence-corrected chi connectivity index (χ2v) is 4.40. The Morgan fingerprint density at radius 2 is 2.31 bits per heavy atom. The molecule has 4 heteroatoms. The van der Waals surface area contributed by atoms with Gasteiger partial charge in [0.1, 0.15) is 0 Å². The van der Waals surface area contributed by atoms with E-state index in [9.17, 15) is 5.11 Å². The number of piperidine rings is 1. The van der Waals surface area contributed by atoms with Gasteiger partial charge >= 0.3 is 0 Å². The Hall–Kier alpha value is -1.26. The average Bonchev–Trinajstić information content (AvgIpc) is 2.25. The lowest BCUT2D eigenvalue weighted by Crippen LogP contribution is -2.47. The highest BCUT2D eigenvalue weighted by Crippen LogP contribution is 2.22. The van der Waals surface area contributed by atoms with E-state index >= 15 is 0 Å². The molecule has 1 aromatic rings. The molecule has 88 valence electrons. The molecular weight excluding hydrogens is 202 g/mol. The predicted molar refractivity (Wildman–Crippen MR) is 66.5 cm³/mol. The molecule has 1 aliphatic rings. The van der Waals surface area contributed by atoms with Gasteiger partial charge < -0.3 is 21.5 Å².